The van der Waals surface area contributed by atoms with Gasteiger partial charge in [0.2, 0.25) is 6.79 Å². The van der Waals surface area contributed by atoms with E-state index in [1.165, 1.54) is 0 Å². The van der Waals surface area contributed by atoms with Crippen LogP contribution in [0, 0.1) is 0 Å². The highest BCUT2D eigenvalue weighted by Crippen LogP contribution is 2.35. The number of fused-ring (bicyclic) bond motifs is 1. The smallest absolute Gasteiger partial charge is 0.231 e. The lowest BCUT2D eigenvalue weighted by Gasteiger charge is -2.09. The van der Waals surface area contributed by atoms with Gasteiger partial charge in [-0.15, -0.1) is 0 Å². The van der Waals surface area contributed by atoms with E-state index in [0.717, 1.165) is 34.7 Å². The van der Waals surface area contributed by atoms with Crippen LogP contribution in [0.3, 0.4) is 0 Å². The van der Waals surface area contributed by atoms with E-state index < -0.39 is 0 Å². The van der Waals surface area contributed by atoms with Gasteiger partial charge in [-0.2, -0.15) is 0 Å². The Balaban J connectivity index is 1.67. The molecule has 2 aromatic rings. The van der Waals surface area contributed by atoms with E-state index in [-0.39, 0.29) is 6.79 Å². The average Bonchev–Trinajstić information content (AvgIpc) is 2.96. The fraction of sp³-hybridized carbons (Fsp3) is 0.188. The molecular formula is C16H14O4. The zero-order chi connectivity index (χ0) is 13.8. The molecule has 1 aliphatic heterocycles. The van der Waals surface area contributed by atoms with E-state index >= 15 is 0 Å². The van der Waals surface area contributed by atoms with Crippen molar-refractivity contribution in [3.8, 4) is 17.2 Å². The van der Waals surface area contributed by atoms with Gasteiger partial charge in [-0.3, -0.25) is 0 Å². The molecule has 0 saturated carbocycles. The van der Waals surface area contributed by atoms with Crippen LogP contribution in [0.4, 0.5) is 0 Å². The SMILES string of the molecule is O=CCc1ccc(OCc2cccc3c2OCO3)cc1. The second-order valence-electron chi connectivity index (χ2n) is 4.45. The van der Waals surface area contributed by atoms with Crippen molar-refractivity contribution in [3.05, 3.63) is 53.6 Å². The highest BCUT2D eigenvalue weighted by Gasteiger charge is 2.17. The summed E-state index contributed by atoms with van der Waals surface area (Å²) in [7, 11) is 0. The molecular weight excluding hydrogens is 256 g/mol. The number of para-hydroxylation sites is 1. The van der Waals surface area contributed by atoms with Crippen LogP contribution in [0.2, 0.25) is 0 Å². The predicted molar refractivity (Wildman–Crippen MR) is 73.1 cm³/mol. The topological polar surface area (TPSA) is 44.8 Å². The van der Waals surface area contributed by atoms with E-state index in [2.05, 4.69) is 0 Å². The standard InChI is InChI=1S/C16H14O4/c17-9-8-12-4-6-14(7-5-12)18-10-13-2-1-3-15-16(13)20-11-19-15/h1-7,9H,8,10-11H2. The van der Waals surface area contributed by atoms with Gasteiger partial charge in [0.15, 0.2) is 11.5 Å². The van der Waals surface area contributed by atoms with Crippen LogP contribution in [-0.4, -0.2) is 13.1 Å². The highest BCUT2D eigenvalue weighted by molar-refractivity contribution is 5.55. The minimum Gasteiger partial charge on any atom is -0.489 e. The molecule has 0 atom stereocenters. The summed E-state index contributed by atoms with van der Waals surface area (Å²) in [6.07, 6.45) is 1.32. The number of benzene rings is 2. The lowest BCUT2D eigenvalue weighted by atomic mass is 10.1. The van der Waals surface area contributed by atoms with Crippen molar-refractivity contribution in [2.24, 2.45) is 0 Å². The first-order valence-corrected chi connectivity index (χ1v) is 6.39. The Morgan fingerprint density at radius 2 is 1.95 bits per heavy atom. The number of hydrogen-bond acceptors (Lipinski definition) is 4. The van der Waals surface area contributed by atoms with Crippen LogP contribution in [-0.2, 0) is 17.8 Å². The third-order valence-electron chi connectivity index (χ3n) is 3.11. The second-order valence-corrected chi connectivity index (χ2v) is 4.45. The summed E-state index contributed by atoms with van der Waals surface area (Å²) in [5.41, 5.74) is 1.93. The molecule has 20 heavy (non-hydrogen) atoms. The third-order valence-corrected chi connectivity index (χ3v) is 3.11. The first-order chi connectivity index (χ1) is 9.86. The van der Waals surface area contributed by atoms with Crippen LogP contribution in [0.1, 0.15) is 11.1 Å². The monoisotopic (exact) mass is 270 g/mol. The molecule has 0 N–H and O–H groups in total. The van der Waals surface area contributed by atoms with Gasteiger partial charge in [0, 0.05) is 12.0 Å². The molecule has 4 heteroatoms. The molecule has 0 unspecified atom stereocenters. The molecule has 4 nitrogen and oxygen atoms in total. The minimum absolute atomic E-state index is 0.257. The number of aldehydes is 1. The average molecular weight is 270 g/mol. The molecule has 1 heterocycles. The van der Waals surface area contributed by atoms with Gasteiger partial charge in [0.25, 0.3) is 0 Å². The van der Waals surface area contributed by atoms with Crippen molar-refractivity contribution in [1.29, 1.82) is 0 Å². The molecule has 102 valence electrons. The molecule has 0 saturated heterocycles. The molecule has 3 rings (SSSR count). The lowest BCUT2D eigenvalue weighted by Crippen LogP contribution is -1.98. The van der Waals surface area contributed by atoms with Crippen molar-refractivity contribution < 1.29 is 19.0 Å². The number of rotatable bonds is 5. The van der Waals surface area contributed by atoms with Crippen LogP contribution < -0.4 is 14.2 Å². The maximum atomic E-state index is 10.4. The minimum atomic E-state index is 0.257. The second kappa shape index (κ2) is 5.65. The zero-order valence-corrected chi connectivity index (χ0v) is 10.9. The molecule has 0 radical (unpaired) electrons. The summed E-state index contributed by atoms with van der Waals surface area (Å²) in [5, 5.41) is 0. The van der Waals surface area contributed by atoms with E-state index in [1.54, 1.807) is 0 Å². The molecule has 0 fully saturated rings. The summed E-state index contributed by atoms with van der Waals surface area (Å²) in [4.78, 5) is 10.4. The summed E-state index contributed by atoms with van der Waals surface area (Å²) >= 11 is 0. The quantitative estimate of drug-likeness (QED) is 0.784. The highest BCUT2D eigenvalue weighted by atomic mass is 16.7. The van der Waals surface area contributed by atoms with Crippen molar-refractivity contribution in [2.45, 2.75) is 13.0 Å². The summed E-state index contributed by atoms with van der Waals surface area (Å²) in [6, 6.07) is 13.2. The van der Waals surface area contributed by atoms with E-state index in [0.29, 0.717) is 13.0 Å². The molecule has 0 bridgehead atoms. The molecule has 0 spiro atoms. The van der Waals surface area contributed by atoms with Crippen molar-refractivity contribution in [2.75, 3.05) is 6.79 Å². The summed E-state index contributed by atoms with van der Waals surface area (Å²) in [6.45, 7) is 0.673. The molecule has 2 aromatic carbocycles. The zero-order valence-electron chi connectivity index (χ0n) is 10.9. The molecule has 0 amide bonds. The number of carbonyl (C=O) groups is 1. The lowest BCUT2D eigenvalue weighted by molar-refractivity contribution is -0.107. The molecule has 0 aromatic heterocycles. The van der Waals surface area contributed by atoms with Crippen molar-refractivity contribution in [1.82, 2.24) is 0 Å². The fourth-order valence-electron chi connectivity index (χ4n) is 2.08. The summed E-state index contributed by atoms with van der Waals surface area (Å²) in [5.74, 6) is 2.27. The van der Waals surface area contributed by atoms with Crippen LogP contribution in [0.5, 0.6) is 17.2 Å². The molecule has 0 aliphatic carbocycles. The van der Waals surface area contributed by atoms with Crippen molar-refractivity contribution in [3.63, 3.8) is 0 Å². The van der Waals surface area contributed by atoms with E-state index in [4.69, 9.17) is 14.2 Å². The van der Waals surface area contributed by atoms with E-state index in [1.807, 2.05) is 42.5 Å². The maximum absolute atomic E-state index is 10.4. The Morgan fingerprint density at radius 3 is 2.75 bits per heavy atom. The van der Waals surface area contributed by atoms with Crippen LogP contribution in [0.25, 0.3) is 0 Å². The van der Waals surface area contributed by atoms with Gasteiger partial charge in [-0.05, 0) is 23.8 Å². The van der Waals surface area contributed by atoms with Crippen LogP contribution in [0.15, 0.2) is 42.5 Å². The number of hydrogen-bond donors (Lipinski definition) is 0. The van der Waals surface area contributed by atoms with Gasteiger partial charge in [0.1, 0.15) is 18.6 Å². The van der Waals surface area contributed by atoms with Gasteiger partial charge in [0.05, 0.1) is 0 Å². The predicted octanol–water partition coefficient (Wildman–Crippen LogP) is 2.74. The van der Waals surface area contributed by atoms with Gasteiger partial charge < -0.3 is 19.0 Å². The normalized spacial score (nSPS) is 12.2. The van der Waals surface area contributed by atoms with Gasteiger partial charge in [-0.1, -0.05) is 24.3 Å². The Labute approximate surface area is 116 Å². The Morgan fingerprint density at radius 1 is 1.10 bits per heavy atom. The maximum Gasteiger partial charge on any atom is 0.231 e. The van der Waals surface area contributed by atoms with Gasteiger partial charge in [-0.25, -0.2) is 0 Å². The van der Waals surface area contributed by atoms with Crippen molar-refractivity contribution >= 4 is 6.29 Å². The largest absolute Gasteiger partial charge is 0.489 e. The summed E-state index contributed by atoms with van der Waals surface area (Å²) < 4.78 is 16.5. The first-order valence-electron chi connectivity index (χ1n) is 6.39. The molecule has 1 aliphatic rings. The van der Waals surface area contributed by atoms with Gasteiger partial charge >= 0.3 is 0 Å². The van der Waals surface area contributed by atoms with E-state index in [9.17, 15) is 4.79 Å². The number of ether oxygens (including phenoxy) is 3. The first kappa shape index (κ1) is 12.5. The number of carbonyl (C=O) groups excluding carboxylic acids is 1. The van der Waals surface area contributed by atoms with Crippen LogP contribution >= 0.6 is 0 Å². The fourth-order valence-corrected chi connectivity index (χ4v) is 2.08. The Kier molecular flexibility index (Phi) is 3.54. The Hall–Kier alpha value is -2.49. The Bertz CT molecular complexity index is 604. The third kappa shape index (κ3) is 2.59.